The normalized spacial score (nSPS) is 11.7. The molecular formula is C25H25F4N5. The summed E-state index contributed by atoms with van der Waals surface area (Å²) < 4.78 is 52.4. The second kappa shape index (κ2) is 9.32. The molecule has 0 unspecified atom stereocenters. The van der Waals surface area contributed by atoms with E-state index < -0.39 is 11.7 Å². The fraction of sp³-hybridized carbons (Fsp3) is 0.280. The lowest BCUT2D eigenvalue weighted by Gasteiger charge is -2.11. The van der Waals surface area contributed by atoms with Gasteiger partial charge in [0, 0.05) is 30.2 Å². The number of alkyl halides is 3. The summed E-state index contributed by atoms with van der Waals surface area (Å²) in [5.41, 5.74) is 3.57. The molecule has 178 valence electrons. The molecule has 0 spiro atoms. The van der Waals surface area contributed by atoms with E-state index >= 15 is 0 Å². The molecule has 0 saturated carbocycles. The number of benzene rings is 2. The van der Waals surface area contributed by atoms with Crippen molar-refractivity contribution in [1.82, 2.24) is 15.0 Å². The van der Waals surface area contributed by atoms with Crippen LogP contribution >= 0.6 is 0 Å². The SMILES string of the molecule is Cc1nc(NCCc2c(C)[nH]c3c(F)ccc(C)c23)cc(NCc2ccc(C(F)(F)F)cc2)n1. The Kier molecular flexibility index (Phi) is 6.45. The molecule has 0 aliphatic carbocycles. The van der Waals surface area contributed by atoms with E-state index in [1.54, 1.807) is 19.1 Å². The van der Waals surface area contributed by atoms with Gasteiger partial charge in [0.15, 0.2) is 0 Å². The van der Waals surface area contributed by atoms with Gasteiger partial charge in [0.05, 0.1) is 11.1 Å². The first kappa shape index (κ1) is 23.5. The molecule has 5 nitrogen and oxygen atoms in total. The minimum absolute atomic E-state index is 0.266. The number of rotatable bonds is 7. The fourth-order valence-corrected chi connectivity index (χ4v) is 4.02. The topological polar surface area (TPSA) is 65.6 Å². The monoisotopic (exact) mass is 471 g/mol. The number of nitrogens with zero attached hydrogens (tertiary/aromatic N) is 2. The molecule has 0 amide bonds. The van der Waals surface area contributed by atoms with Gasteiger partial charge in [-0.3, -0.25) is 0 Å². The Labute approximate surface area is 194 Å². The Morgan fingerprint density at radius 3 is 2.26 bits per heavy atom. The van der Waals surface area contributed by atoms with Gasteiger partial charge < -0.3 is 15.6 Å². The zero-order valence-electron chi connectivity index (χ0n) is 19.1. The van der Waals surface area contributed by atoms with Crippen LogP contribution in [-0.4, -0.2) is 21.5 Å². The van der Waals surface area contributed by atoms with Crippen molar-refractivity contribution < 1.29 is 17.6 Å². The number of aromatic amines is 1. The summed E-state index contributed by atoms with van der Waals surface area (Å²) >= 11 is 0. The molecular weight excluding hydrogens is 446 g/mol. The Hall–Kier alpha value is -3.62. The van der Waals surface area contributed by atoms with E-state index in [1.165, 1.54) is 18.2 Å². The van der Waals surface area contributed by atoms with Gasteiger partial charge >= 0.3 is 6.18 Å². The van der Waals surface area contributed by atoms with E-state index in [-0.39, 0.29) is 5.82 Å². The third kappa shape index (κ3) is 5.13. The molecule has 2 heterocycles. The molecule has 0 fully saturated rings. The average molecular weight is 472 g/mol. The quantitative estimate of drug-likeness (QED) is 0.277. The van der Waals surface area contributed by atoms with Gasteiger partial charge in [-0.2, -0.15) is 13.2 Å². The molecule has 34 heavy (non-hydrogen) atoms. The van der Waals surface area contributed by atoms with Crippen LogP contribution in [0.5, 0.6) is 0 Å². The largest absolute Gasteiger partial charge is 0.416 e. The van der Waals surface area contributed by atoms with Crippen LogP contribution in [0.15, 0.2) is 42.5 Å². The van der Waals surface area contributed by atoms with E-state index in [0.717, 1.165) is 34.3 Å². The van der Waals surface area contributed by atoms with Crippen molar-refractivity contribution in [3.05, 3.63) is 82.1 Å². The van der Waals surface area contributed by atoms with E-state index in [1.807, 2.05) is 13.8 Å². The van der Waals surface area contributed by atoms with E-state index in [9.17, 15) is 17.6 Å². The highest BCUT2D eigenvalue weighted by Crippen LogP contribution is 2.30. The van der Waals surface area contributed by atoms with Crippen LogP contribution in [0.1, 0.15) is 33.8 Å². The highest BCUT2D eigenvalue weighted by atomic mass is 19.4. The predicted molar refractivity (Wildman–Crippen MR) is 125 cm³/mol. The molecule has 3 N–H and O–H groups in total. The molecule has 4 aromatic rings. The number of halogens is 4. The van der Waals surface area contributed by atoms with Gasteiger partial charge in [0.1, 0.15) is 23.3 Å². The number of hydrogen-bond donors (Lipinski definition) is 3. The maximum absolute atomic E-state index is 14.2. The number of anilines is 2. The van der Waals surface area contributed by atoms with Crippen molar-refractivity contribution in [2.75, 3.05) is 17.2 Å². The number of H-pyrrole nitrogens is 1. The summed E-state index contributed by atoms with van der Waals surface area (Å²) in [6.07, 6.45) is -3.68. The van der Waals surface area contributed by atoms with Crippen molar-refractivity contribution in [1.29, 1.82) is 0 Å². The number of hydrogen-bond acceptors (Lipinski definition) is 4. The van der Waals surface area contributed by atoms with Crippen molar-refractivity contribution in [2.24, 2.45) is 0 Å². The molecule has 0 radical (unpaired) electrons. The predicted octanol–water partition coefficient (Wildman–Crippen LogP) is 6.31. The number of fused-ring (bicyclic) bond motifs is 1. The van der Waals surface area contributed by atoms with Crippen LogP contribution in [0.4, 0.5) is 29.2 Å². The first-order chi connectivity index (χ1) is 16.1. The zero-order chi connectivity index (χ0) is 24.5. The van der Waals surface area contributed by atoms with E-state index in [4.69, 9.17) is 0 Å². The first-order valence-electron chi connectivity index (χ1n) is 10.9. The lowest BCUT2D eigenvalue weighted by molar-refractivity contribution is -0.137. The minimum atomic E-state index is -4.35. The Bertz CT molecular complexity index is 1310. The summed E-state index contributed by atoms with van der Waals surface area (Å²) in [6.45, 7) is 6.58. The standard InChI is InChI=1S/C25H25F4N5/c1-14-4-9-20(26)24-23(14)19(15(2)32-24)10-11-30-21-12-22(34-16(3)33-21)31-13-17-5-7-18(8-6-17)25(27,28)29/h4-9,12,32H,10-11,13H2,1-3H3,(H2,30,31,33,34). The number of aryl methyl sites for hydroxylation is 3. The second-order valence-electron chi connectivity index (χ2n) is 8.25. The van der Waals surface area contributed by atoms with Crippen molar-refractivity contribution in [2.45, 2.75) is 39.9 Å². The van der Waals surface area contributed by atoms with Gasteiger partial charge in [0.2, 0.25) is 0 Å². The summed E-state index contributed by atoms with van der Waals surface area (Å²) in [4.78, 5) is 11.9. The van der Waals surface area contributed by atoms with Gasteiger partial charge in [-0.05, 0) is 62.1 Å². The van der Waals surface area contributed by atoms with Crippen LogP contribution in [0, 0.1) is 26.6 Å². The molecule has 0 saturated heterocycles. The molecule has 2 aromatic carbocycles. The average Bonchev–Trinajstić information content (AvgIpc) is 3.12. The van der Waals surface area contributed by atoms with Crippen molar-refractivity contribution in [3.8, 4) is 0 Å². The maximum atomic E-state index is 14.2. The van der Waals surface area contributed by atoms with Gasteiger partial charge in [0.25, 0.3) is 0 Å². The third-order valence-electron chi connectivity index (χ3n) is 5.70. The number of aromatic nitrogens is 3. The molecule has 2 aromatic heterocycles. The highest BCUT2D eigenvalue weighted by molar-refractivity contribution is 5.88. The van der Waals surface area contributed by atoms with Crippen LogP contribution in [0.3, 0.4) is 0 Å². The fourth-order valence-electron chi connectivity index (χ4n) is 4.02. The first-order valence-corrected chi connectivity index (χ1v) is 10.9. The lowest BCUT2D eigenvalue weighted by atomic mass is 10.0. The number of nitrogens with one attached hydrogen (secondary N) is 3. The third-order valence-corrected chi connectivity index (χ3v) is 5.70. The van der Waals surface area contributed by atoms with Crippen LogP contribution in [0.25, 0.3) is 10.9 Å². The summed E-state index contributed by atoms with van der Waals surface area (Å²) in [5, 5.41) is 7.33. The molecule has 0 bridgehead atoms. The molecule has 0 aliphatic heterocycles. The lowest BCUT2D eigenvalue weighted by Crippen LogP contribution is -2.10. The molecule has 0 atom stereocenters. The van der Waals surface area contributed by atoms with Crippen molar-refractivity contribution in [3.63, 3.8) is 0 Å². The Morgan fingerprint density at radius 1 is 0.912 bits per heavy atom. The smallest absolute Gasteiger partial charge is 0.370 e. The Morgan fingerprint density at radius 2 is 1.59 bits per heavy atom. The summed E-state index contributed by atoms with van der Waals surface area (Å²) in [6, 6.07) is 10.0. The van der Waals surface area contributed by atoms with E-state index in [0.29, 0.717) is 48.1 Å². The summed E-state index contributed by atoms with van der Waals surface area (Å²) in [7, 11) is 0. The van der Waals surface area contributed by atoms with Crippen LogP contribution in [0.2, 0.25) is 0 Å². The van der Waals surface area contributed by atoms with Crippen LogP contribution < -0.4 is 10.6 Å². The highest BCUT2D eigenvalue weighted by Gasteiger charge is 2.29. The molecule has 4 rings (SSSR count). The summed E-state index contributed by atoms with van der Waals surface area (Å²) in [5.74, 6) is 1.48. The van der Waals surface area contributed by atoms with Crippen LogP contribution in [-0.2, 0) is 19.1 Å². The minimum Gasteiger partial charge on any atom is -0.370 e. The molecule has 9 heteroatoms. The Balaban J connectivity index is 1.41. The van der Waals surface area contributed by atoms with Crippen molar-refractivity contribution >= 4 is 22.5 Å². The second-order valence-corrected chi connectivity index (χ2v) is 8.25. The van der Waals surface area contributed by atoms with Gasteiger partial charge in [-0.25, -0.2) is 14.4 Å². The maximum Gasteiger partial charge on any atom is 0.416 e. The molecule has 0 aliphatic rings. The van der Waals surface area contributed by atoms with Gasteiger partial charge in [-0.15, -0.1) is 0 Å². The van der Waals surface area contributed by atoms with E-state index in [2.05, 4.69) is 25.6 Å². The zero-order valence-corrected chi connectivity index (χ0v) is 19.1. The van der Waals surface area contributed by atoms with Gasteiger partial charge in [-0.1, -0.05) is 18.2 Å².